The molecule has 2 rings (SSSR count). The quantitative estimate of drug-likeness (QED) is 0.729. The molecule has 0 unspecified atom stereocenters. The van der Waals surface area contributed by atoms with E-state index in [4.69, 9.17) is 4.74 Å². The van der Waals surface area contributed by atoms with Crippen LogP contribution in [0.25, 0.3) is 10.9 Å². The maximum atomic E-state index is 13.2. The lowest BCUT2D eigenvalue weighted by molar-refractivity contribution is 0.391. The Morgan fingerprint density at radius 3 is 2.92 bits per heavy atom. The van der Waals surface area contributed by atoms with Gasteiger partial charge in [0.1, 0.15) is 5.52 Å². The standard InChI is InChI=1S/C9H9FN2O/c1-5-6-3-4-7(10)9(13-2)8(6)12-11-5/h3-4H,1-2H3,(H,11,12). The van der Waals surface area contributed by atoms with Crippen molar-refractivity contribution in [2.45, 2.75) is 6.92 Å². The average molecular weight is 180 g/mol. The Labute approximate surface area is 74.5 Å². The normalized spacial score (nSPS) is 10.7. The number of ether oxygens (including phenoxy) is 1. The van der Waals surface area contributed by atoms with E-state index in [1.54, 1.807) is 6.07 Å². The first-order valence-electron chi connectivity index (χ1n) is 3.91. The fourth-order valence-electron chi connectivity index (χ4n) is 1.35. The first kappa shape index (κ1) is 8.04. The highest BCUT2D eigenvalue weighted by atomic mass is 19.1. The minimum atomic E-state index is -0.387. The molecule has 0 aliphatic rings. The van der Waals surface area contributed by atoms with Crippen molar-refractivity contribution in [2.75, 3.05) is 7.11 Å². The number of benzene rings is 1. The van der Waals surface area contributed by atoms with Crippen LogP contribution in [0.4, 0.5) is 4.39 Å². The maximum Gasteiger partial charge on any atom is 0.182 e. The van der Waals surface area contributed by atoms with Gasteiger partial charge in [-0.05, 0) is 19.1 Å². The number of halogens is 1. The Bertz CT molecular complexity index is 450. The van der Waals surface area contributed by atoms with Crippen LogP contribution >= 0.6 is 0 Å². The molecule has 2 aromatic rings. The summed E-state index contributed by atoms with van der Waals surface area (Å²) in [5, 5.41) is 7.63. The zero-order valence-electron chi connectivity index (χ0n) is 7.39. The summed E-state index contributed by atoms with van der Waals surface area (Å²) < 4.78 is 18.1. The number of methoxy groups -OCH3 is 1. The van der Waals surface area contributed by atoms with Gasteiger partial charge in [-0.3, -0.25) is 5.10 Å². The third-order valence-electron chi connectivity index (χ3n) is 2.03. The molecule has 0 amide bonds. The summed E-state index contributed by atoms with van der Waals surface area (Å²) in [5.41, 5.74) is 1.45. The van der Waals surface area contributed by atoms with Gasteiger partial charge >= 0.3 is 0 Å². The van der Waals surface area contributed by atoms with E-state index in [9.17, 15) is 4.39 Å². The van der Waals surface area contributed by atoms with Crippen LogP contribution in [0.1, 0.15) is 5.69 Å². The van der Waals surface area contributed by atoms with Gasteiger partial charge in [0.15, 0.2) is 11.6 Å². The van der Waals surface area contributed by atoms with Gasteiger partial charge in [0, 0.05) is 11.1 Å². The Morgan fingerprint density at radius 1 is 1.46 bits per heavy atom. The minimum absolute atomic E-state index is 0.196. The Hall–Kier alpha value is -1.58. The van der Waals surface area contributed by atoms with E-state index in [-0.39, 0.29) is 11.6 Å². The molecule has 1 aromatic carbocycles. The van der Waals surface area contributed by atoms with Crippen LogP contribution in [0, 0.1) is 12.7 Å². The number of hydrogen-bond acceptors (Lipinski definition) is 2. The van der Waals surface area contributed by atoms with E-state index in [0.717, 1.165) is 11.1 Å². The summed E-state index contributed by atoms with van der Waals surface area (Å²) in [7, 11) is 1.43. The molecule has 0 bridgehead atoms. The molecule has 0 atom stereocenters. The van der Waals surface area contributed by atoms with Crippen molar-refractivity contribution in [3.63, 3.8) is 0 Å². The molecule has 1 N–H and O–H groups in total. The summed E-state index contributed by atoms with van der Waals surface area (Å²) in [6.45, 7) is 1.88. The van der Waals surface area contributed by atoms with Crippen LogP contribution in [-0.2, 0) is 0 Å². The van der Waals surface area contributed by atoms with Crippen molar-refractivity contribution in [1.82, 2.24) is 10.2 Å². The maximum absolute atomic E-state index is 13.2. The third-order valence-corrected chi connectivity index (χ3v) is 2.03. The Morgan fingerprint density at radius 2 is 2.23 bits per heavy atom. The molecule has 0 aliphatic heterocycles. The lowest BCUT2D eigenvalue weighted by Crippen LogP contribution is -1.88. The highest BCUT2D eigenvalue weighted by molar-refractivity contribution is 5.86. The van der Waals surface area contributed by atoms with E-state index >= 15 is 0 Å². The van der Waals surface area contributed by atoms with Gasteiger partial charge in [-0.15, -0.1) is 0 Å². The SMILES string of the molecule is COc1c(F)ccc2c(C)[nH]nc12. The van der Waals surface area contributed by atoms with Crippen molar-refractivity contribution >= 4 is 10.9 Å². The molecule has 4 heteroatoms. The number of rotatable bonds is 1. The molecule has 0 aliphatic carbocycles. The number of nitrogens with one attached hydrogen (secondary N) is 1. The molecule has 68 valence electrons. The van der Waals surface area contributed by atoms with Crippen molar-refractivity contribution in [3.8, 4) is 5.75 Å². The molecule has 0 saturated carbocycles. The second-order valence-corrected chi connectivity index (χ2v) is 2.83. The van der Waals surface area contributed by atoms with E-state index in [1.807, 2.05) is 6.92 Å². The summed E-state index contributed by atoms with van der Waals surface area (Å²) in [6.07, 6.45) is 0. The largest absolute Gasteiger partial charge is 0.491 e. The molecule has 0 radical (unpaired) electrons. The number of H-pyrrole nitrogens is 1. The second-order valence-electron chi connectivity index (χ2n) is 2.83. The number of nitrogens with zero attached hydrogens (tertiary/aromatic N) is 1. The van der Waals surface area contributed by atoms with Crippen molar-refractivity contribution < 1.29 is 9.13 Å². The lowest BCUT2D eigenvalue weighted by atomic mass is 10.2. The Kier molecular flexibility index (Phi) is 1.69. The van der Waals surface area contributed by atoms with E-state index in [1.165, 1.54) is 13.2 Å². The number of aromatic amines is 1. The predicted molar refractivity (Wildman–Crippen MR) is 47.3 cm³/mol. The summed E-state index contributed by atoms with van der Waals surface area (Å²) >= 11 is 0. The Balaban J connectivity index is 2.85. The van der Waals surface area contributed by atoms with Gasteiger partial charge in [-0.1, -0.05) is 0 Å². The first-order chi connectivity index (χ1) is 6.24. The lowest BCUT2D eigenvalue weighted by Gasteiger charge is -2.01. The highest BCUT2D eigenvalue weighted by Crippen LogP contribution is 2.27. The van der Waals surface area contributed by atoms with Crippen LogP contribution in [0.5, 0.6) is 5.75 Å². The fraction of sp³-hybridized carbons (Fsp3) is 0.222. The molecule has 1 aromatic heterocycles. The monoisotopic (exact) mass is 180 g/mol. The van der Waals surface area contributed by atoms with Gasteiger partial charge in [-0.25, -0.2) is 4.39 Å². The highest BCUT2D eigenvalue weighted by Gasteiger charge is 2.11. The predicted octanol–water partition coefficient (Wildman–Crippen LogP) is 2.02. The van der Waals surface area contributed by atoms with Gasteiger partial charge in [0.25, 0.3) is 0 Å². The number of fused-ring (bicyclic) bond motifs is 1. The molecule has 13 heavy (non-hydrogen) atoms. The molecular weight excluding hydrogens is 171 g/mol. The molecule has 0 spiro atoms. The van der Waals surface area contributed by atoms with Crippen molar-refractivity contribution in [3.05, 3.63) is 23.6 Å². The van der Waals surface area contributed by atoms with Gasteiger partial charge < -0.3 is 4.74 Å². The fourth-order valence-corrected chi connectivity index (χ4v) is 1.35. The van der Waals surface area contributed by atoms with Crippen molar-refractivity contribution in [1.29, 1.82) is 0 Å². The van der Waals surface area contributed by atoms with E-state index in [2.05, 4.69) is 10.2 Å². The van der Waals surface area contributed by atoms with Crippen LogP contribution in [0.2, 0.25) is 0 Å². The number of aryl methyl sites for hydroxylation is 1. The zero-order chi connectivity index (χ0) is 9.42. The van der Waals surface area contributed by atoms with Gasteiger partial charge in [-0.2, -0.15) is 5.10 Å². The zero-order valence-corrected chi connectivity index (χ0v) is 7.39. The second kappa shape index (κ2) is 2.73. The summed E-state index contributed by atoms with van der Waals surface area (Å²) in [5.74, 6) is -0.191. The van der Waals surface area contributed by atoms with E-state index in [0.29, 0.717) is 5.52 Å². The molecule has 0 saturated heterocycles. The van der Waals surface area contributed by atoms with Crippen molar-refractivity contribution in [2.24, 2.45) is 0 Å². The molecular formula is C9H9FN2O. The van der Waals surface area contributed by atoms with Crippen LogP contribution in [-0.4, -0.2) is 17.3 Å². The molecule has 0 fully saturated rings. The summed E-state index contributed by atoms with van der Waals surface area (Å²) in [4.78, 5) is 0. The smallest absolute Gasteiger partial charge is 0.182 e. The van der Waals surface area contributed by atoms with Gasteiger partial charge in [0.05, 0.1) is 7.11 Å². The average Bonchev–Trinajstić information content (AvgIpc) is 2.48. The minimum Gasteiger partial charge on any atom is -0.491 e. The van der Waals surface area contributed by atoms with E-state index < -0.39 is 0 Å². The molecule has 1 heterocycles. The van der Waals surface area contributed by atoms with Crippen LogP contribution in [0.3, 0.4) is 0 Å². The van der Waals surface area contributed by atoms with Crippen LogP contribution < -0.4 is 4.74 Å². The van der Waals surface area contributed by atoms with Crippen LogP contribution in [0.15, 0.2) is 12.1 Å². The first-order valence-corrected chi connectivity index (χ1v) is 3.91. The van der Waals surface area contributed by atoms with Gasteiger partial charge in [0.2, 0.25) is 0 Å². The topological polar surface area (TPSA) is 37.9 Å². The third kappa shape index (κ3) is 1.06. The summed E-state index contributed by atoms with van der Waals surface area (Å²) in [6, 6.07) is 3.07. The number of aromatic nitrogens is 2. The number of hydrogen-bond donors (Lipinski definition) is 1. The molecule has 3 nitrogen and oxygen atoms in total.